The van der Waals surface area contributed by atoms with E-state index in [0.29, 0.717) is 13.1 Å². The van der Waals surface area contributed by atoms with E-state index in [0.717, 1.165) is 28.5 Å². The summed E-state index contributed by atoms with van der Waals surface area (Å²) >= 11 is 0. The van der Waals surface area contributed by atoms with Gasteiger partial charge in [-0.25, -0.2) is 0 Å². The van der Waals surface area contributed by atoms with Gasteiger partial charge in [-0.1, -0.05) is 59.7 Å². The number of benzene rings is 2. The number of rotatable bonds is 4. The first-order valence-electron chi connectivity index (χ1n) is 10.1. The number of carbonyl (C=O) groups excluding carboxylic acids is 1. The Morgan fingerprint density at radius 1 is 1.07 bits per heavy atom. The Labute approximate surface area is 175 Å². The van der Waals surface area contributed by atoms with Crippen molar-refractivity contribution < 1.29 is 9.90 Å². The van der Waals surface area contributed by atoms with Gasteiger partial charge in [-0.3, -0.25) is 14.3 Å². The van der Waals surface area contributed by atoms with Crippen molar-refractivity contribution in [3.05, 3.63) is 92.9 Å². The topological polar surface area (TPSA) is 75.4 Å². The summed E-state index contributed by atoms with van der Waals surface area (Å²) in [5.74, 6) is -1.02. The fourth-order valence-electron chi connectivity index (χ4n) is 4.33. The van der Waals surface area contributed by atoms with Crippen LogP contribution in [0.5, 0.6) is 5.75 Å². The standard InChI is InChI=1S/C24H25N3O3/c1-4-26-14-19(27-22(24(26)30)23(29)20(28)13-25-27)21(17-9-5-7-15(2)11-17)18-10-6-8-16(3)12-18/h5-13,19,21,29H,4,14H2,1-3H3. The summed E-state index contributed by atoms with van der Waals surface area (Å²) in [6, 6.07) is 16.3. The molecule has 0 fully saturated rings. The molecule has 1 atom stereocenters. The summed E-state index contributed by atoms with van der Waals surface area (Å²) in [5, 5.41) is 14.7. The van der Waals surface area contributed by atoms with E-state index in [1.165, 1.54) is 0 Å². The van der Waals surface area contributed by atoms with Crippen molar-refractivity contribution in [2.75, 3.05) is 13.1 Å². The van der Waals surface area contributed by atoms with E-state index in [2.05, 4.69) is 55.3 Å². The van der Waals surface area contributed by atoms with E-state index in [1.54, 1.807) is 9.58 Å². The molecular formula is C24H25N3O3. The molecule has 0 aliphatic carbocycles. The molecular weight excluding hydrogens is 378 g/mol. The number of amides is 1. The van der Waals surface area contributed by atoms with Gasteiger partial charge < -0.3 is 10.0 Å². The lowest BCUT2D eigenvalue weighted by Crippen LogP contribution is -2.46. The Bertz CT molecular complexity index is 1120. The molecule has 4 rings (SSSR count). The summed E-state index contributed by atoms with van der Waals surface area (Å²) in [4.78, 5) is 26.6. The minimum atomic E-state index is -0.644. The number of aromatic hydroxyl groups is 1. The largest absolute Gasteiger partial charge is 0.502 e. The van der Waals surface area contributed by atoms with E-state index in [9.17, 15) is 14.7 Å². The van der Waals surface area contributed by atoms with Crippen LogP contribution >= 0.6 is 0 Å². The molecule has 0 radical (unpaired) electrons. The number of carbonyl (C=O) groups is 1. The summed E-state index contributed by atoms with van der Waals surface area (Å²) in [7, 11) is 0. The fourth-order valence-corrected chi connectivity index (χ4v) is 4.33. The van der Waals surface area contributed by atoms with Gasteiger partial charge in [0.1, 0.15) is 0 Å². The first-order chi connectivity index (χ1) is 14.4. The monoisotopic (exact) mass is 403 g/mol. The maximum Gasteiger partial charge on any atom is 0.276 e. The zero-order valence-electron chi connectivity index (χ0n) is 17.4. The SMILES string of the molecule is CCN1CC(C(c2cccc(C)c2)c2cccc(C)c2)n2ncc(=O)c(O)c2C1=O. The van der Waals surface area contributed by atoms with Gasteiger partial charge in [0.15, 0.2) is 11.4 Å². The number of fused-ring (bicyclic) bond motifs is 1. The number of hydrogen-bond acceptors (Lipinski definition) is 4. The summed E-state index contributed by atoms with van der Waals surface area (Å²) in [6.07, 6.45) is 1.09. The molecule has 2 aromatic carbocycles. The van der Waals surface area contributed by atoms with Gasteiger partial charge in [0.05, 0.1) is 12.2 Å². The van der Waals surface area contributed by atoms with Crippen molar-refractivity contribution in [3.8, 4) is 5.75 Å². The van der Waals surface area contributed by atoms with Crippen molar-refractivity contribution in [1.82, 2.24) is 14.7 Å². The molecule has 154 valence electrons. The number of nitrogens with zero attached hydrogens (tertiary/aromatic N) is 3. The second kappa shape index (κ2) is 7.78. The van der Waals surface area contributed by atoms with Gasteiger partial charge in [0.2, 0.25) is 5.43 Å². The lowest BCUT2D eigenvalue weighted by molar-refractivity contribution is 0.0646. The molecule has 1 aliphatic heterocycles. The highest BCUT2D eigenvalue weighted by Gasteiger charge is 2.39. The molecule has 1 unspecified atom stereocenters. The number of aryl methyl sites for hydroxylation is 2. The average Bonchev–Trinajstić information content (AvgIpc) is 2.72. The zero-order chi connectivity index (χ0) is 21.4. The van der Waals surface area contributed by atoms with E-state index in [1.807, 2.05) is 19.1 Å². The van der Waals surface area contributed by atoms with Crippen LogP contribution in [0.1, 0.15) is 51.6 Å². The molecule has 3 aromatic rings. The minimum Gasteiger partial charge on any atom is -0.502 e. The smallest absolute Gasteiger partial charge is 0.276 e. The highest BCUT2D eigenvalue weighted by atomic mass is 16.3. The average molecular weight is 403 g/mol. The van der Waals surface area contributed by atoms with Gasteiger partial charge in [0.25, 0.3) is 5.91 Å². The third-order valence-corrected chi connectivity index (χ3v) is 5.77. The maximum atomic E-state index is 12.9. The van der Waals surface area contributed by atoms with Gasteiger partial charge in [-0.05, 0) is 31.9 Å². The highest BCUT2D eigenvalue weighted by Crippen LogP contribution is 2.39. The number of likely N-dealkylation sites (N-methyl/N-ethyl adjacent to an activating group) is 1. The Kier molecular flexibility index (Phi) is 5.16. The maximum absolute atomic E-state index is 12.9. The number of aromatic nitrogens is 2. The quantitative estimate of drug-likeness (QED) is 0.724. The Balaban J connectivity index is 1.97. The third kappa shape index (κ3) is 3.38. The van der Waals surface area contributed by atoms with Gasteiger partial charge in [-0.15, -0.1) is 0 Å². The summed E-state index contributed by atoms with van der Waals surface area (Å²) in [5.41, 5.74) is 3.80. The van der Waals surface area contributed by atoms with Gasteiger partial charge in [0, 0.05) is 19.0 Å². The zero-order valence-corrected chi connectivity index (χ0v) is 17.4. The first kappa shape index (κ1) is 19.9. The van der Waals surface area contributed by atoms with Crippen LogP contribution in [0.3, 0.4) is 0 Å². The van der Waals surface area contributed by atoms with Crippen LogP contribution in [-0.4, -0.2) is 38.8 Å². The highest BCUT2D eigenvalue weighted by molar-refractivity contribution is 5.95. The second-order valence-corrected chi connectivity index (χ2v) is 7.87. The summed E-state index contributed by atoms with van der Waals surface area (Å²) < 4.78 is 1.54. The Morgan fingerprint density at radius 2 is 1.67 bits per heavy atom. The molecule has 1 aromatic heterocycles. The molecule has 1 N–H and O–H groups in total. The van der Waals surface area contributed by atoms with E-state index in [4.69, 9.17) is 0 Å². The molecule has 0 spiro atoms. The van der Waals surface area contributed by atoms with Crippen molar-refractivity contribution in [3.63, 3.8) is 0 Å². The van der Waals surface area contributed by atoms with Crippen molar-refractivity contribution in [2.45, 2.75) is 32.7 Å². The summed E-state index contributed by atoms with van der Waals surface area (Å²) in [6.45, 7) is 6.91. The predicted molar refractivity (Wildman–Crippen MR) is 115 cm³/mol. The Morgan fingerprint density at radius 3 is 2.20 bits per heavy atom. The molecule has 0 saturated carbocycles. The lowest BCUT2D eigenvalue weighted by Gasteiger charge is -2.39. The van der Waals surface area contributed by atoms with Crippen molar-refractivity contribution >= 4 is 5.91 Å². The minimum absolute atomic E-state index is 0.0362. The molecule has 30 heavy (non-hydrogen) atoms. The van der Waals surface area contributed by atoms with Crippen LogP contribution < -0.4 is 5.43 Å². The van der Waals surface area contributed by atoms with Crippen LogP contribution in [0.4, 0.5) is 0 Å². The Hall–Kier alpha value is -3.41. The molecule has 2 heterocycles. The second-order valence-electron chi connectivity index (χ2n) is 7.87. The predicted octanol–water partition coefficient (Wildman–Crippen LogP) is 3.41. The molecule has 0 saturated heterocycles. The van der Waals surface area contributed by atoms with Gasteiger partial charge in [-0.2, -0.15) is 5.10 Å². The van der Waals surface area contributed by atoms with E-state index < -0.39 is 11.2 Å². The lowest BCUT2D eigenvalue weighted by atomic mass is 9.82. The molecule has 1 amide bonds. The van der Waals surface area contributed by atoms with Crippen LogP contribution in [0, 0.1) is 13.8 Å². The van der Waals surface area contributed by atoms with Crippen LogP contribution in [0.25, 0.3) is 0 Å². The number of hydrogen-bond donors (Lipinski definition) is 1. The molecule has 6 heteroatoms. The van der Waals surface area contributed by atoms with Crippen molar-refractivity contribution in [1.29, 1.82) is 0 Å². The van der Waals surface area contributed by atoms with Crippen LogP contribution in [0.2, 0.25) is 0 Å². The first-order valence-corrected chi connectivity index (χ1v) is 10.1. The van der Waals surface area contributed by atoms with Crippen LogP contribution in [-0.2, 0) is 0 Å². The van der Waals surface area contributed by atoms with Crippen LogP contribution in [0.15, 0.2) is 59.5 Å². The van der Waals surface area contributed by atoms with Crippen molar-refractivity contribution in [2.24, 2.45) is 0 Å². The van der Waals surface area contributed by atoms with E-state index >= 15 is 0 Å². The normalized spacial score (nSPS) is 16.1. The third-order valence-electron chi connectivity index (χ3n) is 5.77. The van der Waals surface area contributed by atoms with Gasteiger partial charge >= 0.3 is 0 Å². The molecule has 0 bridgehead atoms. The fraction of sp³-hybridized carbons (Fsp3) is 0.292. The molecule has 6 nitrogen and oxygen atoms in total. The molecule has 1 aliphatic rings. The van der Waals surface area contributed by atoms with E-state index in [-0.39, 0.29) is 23.6 Å².